The zero-order chi connectivity index (χ0) is 51.3. The van der Waals surface area contributed by atoms with E-state index < -0.39 is 95.5 Å². The second-order valence-electron chi connectivity index (χ2n) is 17.2. The van der Waals surface area contributed by atoms with Crippen molar-refractivity contribution in [2.45, 2.75) is 119 Å². The molecule has 8 amide bonds. The smallest absolute Gasteiger partial charge is 0.326 e. The van der Waals surface area contributed by atoms with Crippen LogP contribution in [0.3, 0.4) is 0 Å². The molecule has 1 heterocycles. The van der Waals surface area contributed by atoms with Crippen LogP contribution in [0, 0.1) is 0 Å². The second kappa shape index (κ2) is 27.4. The van der Waals surface area contributed by atoms with Gasteiger partial charge in [-0.25, -0.2) is 4.79 Å². The van der Waals surface area contributed by atoms with Gasteiger partial charge in [-0.15, -0.1) is 0 Å². The summed E-state index contributed by atoms with van der Waals surface area (Å²) in [6, 6.07) is 11.1. The Balaban J connectivity index is 1.55. The maximum Gasteiger partial charge on any atom is 0.326 e. The summed E-state index contributed by atoms with van der Waals surface area (Å²) in [6.07, 6.45) is -0.0812. The number of primary amides is 2. The highest BCUT2D eigenvalue weighted by Gasteiger charge is 2.40. The van der Waals surface area contributed by atoms with Crippen LogP contribution in [0.25, 0.3) is 0 Å². The van der Waals surface area contributed by atoms with Crippen LogP contribution in [0.15, 0.2) is 78.9 Å². The van der Waals surface area contributed by atoms with Gasteiger partial charge in [0.2, 0.25) is 47.3 Å². The number of nitrogens with one attached hydrogen (secondary N) is 5. The lowest BCUT2D eigenvalue weighted by atomic mass is 10.0. The Hall–Kier alpha value is -7.59. The van der Waals surface area contributed by atoms with Crippen LogP contribution >= 0.6 is 0 Å². The van der Waals surface area contributed by atoms with Crippen molar-refractivity contribution in [3.8, 4) is 11.5 Å². The van der Waals surface area contributed by atoms with E-state index in [1.807, 2.05) is 0 Å². The van der Waals surface area contributed by atoms with E-state index in [0.29, 0.717) is 36.0 Å². The second-order valence-corrected chi connectivity index (χ2v) is 17.2. The van der Waals surface area contributed by atoms with Crippen LogP contribution in [-0.2, 0) is 62.4 Å². The average Bonchev–Trinajstić information content (AvgIpc) is 3.82. The molecule has 0 bridgehead atoms. The summed E-state index contributed by atoms with van der Waals surface area (Å²) in [5.74, 6) is -7.73. The minimum absolute atomic E-state index is 0.0137. The highest BCUT2D eigenvalue weighted by atomic mass is 16.4. The standard InChI is InChI=1S/C48H64N10O12/c49-23-5-4-9-34(54-44(65)35(19-21-40(51)61)53-42(63)33(50)25-29-11-15-31(59)16-12-29)43(64)56-37(26-28-7-2-1-3-8-28)47(68)58-24-6-10-39(58)46(67)55-36(20-22-41(52)62)45(66)57-38(48(69)70)27-30-13-17-32(60)18-14-30/h1-3,7-8,11-18,33-39,59-60H,4-6,9-10,19-27,49-50H2,(H2,51,61)(H2,52,62)(H,53,63)(H,54,65)(H,55,67)(H,56,64)(H,57,66)(H,69,70)/t33-,34-,35-,36-,37-,38-,39-/m0/s1. The number of nitrogens with two attached hydrogens (primary N) is 4. The van der Waals surface area contributed by atoms with Gasteiger partial charge in [0, 0.05) is 32.2 Å². The van der Waals surface area contributed by atoms with Crippen molar-refractivity contribution in [2.24, 2.45) is 22.9 Å². The highest BCUT2D eigenvalue weighted by Crippen LogP contribution is 2.21. The number of rotatable bonds is 28. The third-order valence-corrected chi connectivity index (χ3v) is 11.7. The summed E-state index contributed by atoms with van der Waals surface area (Å²) in [5, 5.41) is 42.1. The van der Waals surface area contributed by atoms with Crippen LogP contribution in [0.2, 0.25) is 0 Å². The Morgan fingerprint density at radius 1 is 0.571 bits per heavy atom. The molecule has 378 valence electrons. The number of likely N-dealkylation sites (tertiary alicyclic amines) is 1. The fourth-order valence-corrected chi connectivity index (χ4v) is 7.84. The maximum absolute atomic E-state index is 14.6. The van der Waals surface area contributed by atoms with Crippen molar-refractivity contribution in [3.05, 3.63) is 95.6 Å². The number of aliphatic carboxylic acids is 1. The summed E-state index contributed by atoms with van der Waals surface area (Å²) in [6.45, 7) is 0.327. The number of benzene rings is 3. The normalized spacial score (nSPS) is 15.7. The molecule has 3 aromatic carbocycles. The van der Waals surface area contributed by atoms with Gasteiger partial charge in [-0.05, 0) is 98.9 Å². The SMILES string of the molecule is NCCCC[C@H](NC(=O)[C@H](CCC(N)=O)NC(=O)[C@@H](N)Cc1ccc(O)cc1)C(=O)N[C@@H](Cc1ccccc1)C(=O)N1CCC[C@H]1C(=O)N[C@@H](CCC(N)=O)C(=O)N[C@@H](Cc1ccc(O)cc1)C(=O)O. The lowest BCUT2D eigenvalue weighted by molar-refractivity contribution is -0.143. The van der Waals surface area contributed by atoms with Crippen LogP contribution < -0.4 is 49.5 Å². The molecule has 0 radical (unpaired) electrons. The van der Waals surface area contributed by atoms with Crippen molar-refractivity contribution in [3.63, 3.8) is 0 Å². The summed E-state index contributed by atoms with van der Waals surface area (Å²) < 4.78 is 0. The van der Waals surface area contributed by atoms with Crippen LogP contribution in [0.1, 0.15) is 74.5 Å². The van der Waals surface area contributed by atoms with Gasteiger partial charge < -0.3 is 69.7 Å². The molecule has 1 fully saturated rings. The molecule has 0 saturated carbocycles. The number of carboxylic acid groups (broad SMARTS) is 1. The Morgan fingerprint density at radius 3 is 1.56 bits per heavy atom. The summed E-state index contributed by atoms with van der Waals surface area (Å²) in [5.41, 5.74) is 24.4. The predicted molar refractivity (Wildman–Crippen MR) is 254 cm³/mol. The third-order valence-electron chi connectivity index (χ3n) is 11.7. The van der Waals surface area contributed by atoms with E-state index in [2.05, 4.69) is 26.6 Å². The first-order valence-corrected chi connectivity index (χ1v) is 23.0. The van der Waals surface area contributed by atoms with Crippen molar-refractivity contribution >= 4 is 53.2 Å². The Kier molecular flexibility index (Phi) is 21.5. The van der Waals surface area contributed by atoms with E-state index in [4.69, 9.17) is 22.9 Å². The fourth-order valence-electron chi connectivity index (χ4n) is 7.84. The number of aromatic hydroxyl groups is 2. The minimum Gasteiger partial charge on any atom is -0.508 e. The molecule has 70 heavy (non-hydrogen) atoms. The molecule has 1 aliphatic rings. The van der Waals surface area contributed by atoms with Crippen molar-refractivity contribution in [2.75, 3.05) is 13.1 Å². The van der Waals surface area contributed by atoms with Crippen LogP contribution in [0.4, 0.5) is 0 Å². The number of phenolic OH excluding ortho intramolecular Hbond substituents is 2. The van der Waals surface area contributed by atoms with Gasteiger partial charge >= 0.3 is 5.97 Å². The maximum atomic E-state index is 14.6. The molecule has 0 spiro atoms. The number of carbonyl (C=O) groups excluding carboxylic acids is 8. The van der Waals surface area contributed by atoms with Crippen molar-refractivity contribution < 1.29 is 58.5 Å². The first kappa shape index (κ1) is 55.0. The summed E-state index contributed by atoms with van der Waals surface area (Å²) in [4.78, 5) is 121. The molecule has 0 aromatic heterocycles. The summed E-state index contributed by atoms with van der Waals surface area (Å²) >= 11 is 0. The molecule has 0 aliphatic carbocycles. The molecule has 3 aromatic rings. The van der Waals surface area contributed by atoms with Gasteiger partial charge in [0.15, 0.2) is 0 Å². The van der Waals surface area contributed by atoms with E-state index in [9.17, 15) is 58.5 Å². The molecular weight excluding hydrogens is 909 g/mol. The molecule has 16 N–H and O–H groups in total. The minimum atomic E-state index is -1.47. The lowest BCUT2D eigenvalue weighted by Gasteiger charge is -2.31. The van der Waals surface area contributed by atoms with Gasteiger partial charge in [0.1, 0.15) is 47.8 Å². The Bertz CT molecular complexity index is 2280. The monoisotopic (exact) mass is 972 g/mol. The molecule has 22 nitrogen and oxygen atoms in total. The predicted octanol–water partition coefficient (Wildman–Crippen LogP) is -1.39. The van der Waals surface area contributed by atoms with Gasteiger partial charge in [-0.3, -0.25) is 38.4 Å². The van der Waals surface area contributed by atoms with E-state index in [1.165, 1.54) is 41.3 Å². The number of carboxylic acids is 1. The van der Waals surface area contributed by atoms with Gasteiger partial charge in [0.05, 0.1) is 6.04 Å². The fraction of sp³-hybridized carbons (Fsp3) is 0.438. The van der Waals surface area contributed by atoms with E-state index in [-0.39, 0.29) is 82.4 Å². The number of hydrogen-bond donors (Lipinski definition) is 12. The first-order chi connectivity index (χ1) is 33.3. The first-order valence-electron chi connectivity index (χ1n) is 23.0. The zero-order valence-corrected chi connectivity index (χ0v) is 38.7. The highest BCUT2D eigenvalue weighted by molar-refractivity contribution is 5.97. The zero-order valence-electron chi connectivity index (χ0n) is 38.7. The quantitative estimate of drug-likeness (QED) is 0.0373. The average molecular weight is 973 g/mol. The van der Waals surface area contributed by atoms with Gasteiger partial charge in [-0.1, -0.05) is 54.6 Å². The Labute approximate surface area is 404 Å². The number of unbranched alkanes of at least 4 members (excludes halogenated alkanes) is 1. The van der Waals surface area contributed by atoms with Gasteiger partial charge in [-0.2, -0.15) is 0 Å². The van der Waals surface area contributed by atoms with Gasteiger partial charge in [0.25, 0.3) is 0 Å². The molecule has 0 unspecified atom stereocenters. The number of carbonyl (C=O) groups is 9. The van der Waals surface area contributed by atoms with E-state index in [1.54, 1.807) is 42.5 Å². The number of hydrogen-bond acceptors (Lipinski definition) is 13. The third kappa shape index (κ3) is 17.8. The topological polar surface area (TPSA) is 382 Å². The molecule has 1 aliphatic heterocycles. The van der Waals surface area contributed by atoms with Crippen LogP contribution in [-0.4, -0.2) is 129 Å². The van der Waals surface area contributed by atoms with Crippen molar-refractivity contribution in [1.82, 2.24) is 31.5 Å². The molecule has 1 saturated heterocycles. The molecular formula is C48H64N10O12. The largest absolute Gasteiger partial charge is 0.508 e. The van der Waals surface area contributed by atoms with E-state index in [0.717, 1.165) is 0 Å². The van der Waals surface area contributed by atoms with E-state index >= 15 is 0 Å². The number of nitrogens with zero attached hydrogens (tertiary/aromatic N) is 1. The number of amides is 8. The van der Waals surface area contributed by atoms with Crippen molar-refractivity contribution in [1.29, 1.82) is 0 Å². The molecule has 7 atom stereocenters. The Morgan fingerprint density at radius 2 is 1.03 bits per heavy atom. The molecule has 4 rings (SSSR count). The van der Waals surface area contributed by atoms with Crippen LogP contribution in [0.5, 0.6) is 11.5 Å². The lowest BCUT2D eigenvalue weighted by Crippen LogP contribution is -2.60. The molecule has 22 heteroatoms. The summed E-state index contributed by atoms with van der Waals surface area (Å²) in [7, 11) is 0. The number of phenols is 2.